The normalized spacial score (nSPS) is 15.7. The number of amides is 4. The zero-order chi connectivity index (χ0) is 20.5. The van der Waals surface area contributed by atoms with Crippen LogP contribution in [0.3, 0.4) is 0 Å². The van der Waals surface area contributed by atoms with Crippen LogP contribution in [0.15, 0.2) is 70.7 Å². The predicted octanol–water partition coefficient (Wildman–Crippen LogP) is 4.41. The smallest absolute Gasteiger partial charge is 0.335 e. The van der Waals surface area contributed by atoms with Crippen LogP contribution in [0, 0.1) is 5.82 Å². The molecule has 0 bridgehead atoms. The van der Waals surface area contributed by atoms with Crippen molar-refractivity contribution in [1.82, 2.24) is 5.32 Å². The molecule has 1 aromatic heterocycles. The van der Waals surface area contributed by atoms with E-state index in [0.29, 0.717) is 16.3 Å². The van der Waals surface area contributed by atoms with Crippen LogP contribution >= 0.6 is 11.6 Å². The molecule has 2 heterocycles. The van der Waals surface area contributed by atoms with E-state index >= 15 is 0 Å². The highest BCUT2D eigenvalue weighted by Gasteiger charge is 2.37. The SMILES string of the molecule is O=C1NC(=O)N(c2ccc(F)cc2)C(=O)C1=Cc1ccc(-c2ccccc2Cl)o1. The Morgan fingerprint density at radius 2 is 1.69 bits per heavy atom. The molecule has 0 spiro atoms. The maximum Gasteiger partial charge on any atom is 0.335 e. The summed E-state index contributed by atoms with van der Waals surface area (Å²) < 4.78 is 18.8. The molecule has 29 heavy (non-hydrogen) atoms. The predicted molar refractivity (Wildman–Crippen MR) is 105 cm³/mol. The van der Waals surface area contributed by atoms with Crippen molar-refractivity contribution in [2.24, 2.45) is 0 Å². The summed E-state index contributed by atoms with van der Waals surface area (Å²) in [7, 11) is 0. The Kier molecular flexibility index (Phi) is 4.74. The van der Waals surface area contributed by atoms with E-state index in [2.05, 4.69) is 5.32 Å². The molecule has 1 saturated heterocycles. The Morgan fingerprint density at radius 3 is 2.41 bits per heavy atom. The van der Waals surface area contributed by atoms with Gasteiger partial charge in [-0.3, -0.25) is 14.9 Å². The average molecular weight is 411 g/mol. The summed E-state index contributed by atoms with van der Waals surface area (Å²) in [5.74, 6) is -1.53. The molecule has 0 atom stereocenters. The number of urea groups is 1. The molecule has 3 aromatic rings. The van der Waals surface area contributed by atoms with Gasteiger partial charge in [0.1, 0.15) is 22.9 Å². The lowest BCUT2D eigenvalue weighted by molar-refractivity contribution is -0.122. The Morgan fingerprint density at radius 1 is 0.966 bits per heavy atom. The first kappa shape index (κ1) is 18.6. The number of barbiturate groups is 1. The molecule has 144 valence electrons. The van der Waals surface area contributed by atoms with Crippen molar-refractivity contribution in [3.05, 3.63) is 82.8 Å². The minimum Gasteiger partial charge on any atom is -0.457 e. The lowest BCUT2D eigenvalue weighted by Gasteiger charge is -2.26. The first-order valence-electron chi connectivity index (χ1n) is 8.46. The van der Waals surface area contributed by atoms with Crippen molar-refractivity contribution in [3.63, 3.8) is 0 Å². The molecule has 1 N–H and O–H groups in total. The van der Waals surface area contributed by atoms with Gasteiger partial charge in [0.05, 0.1) is 10.7 Å². The van der Waals surface area contributed by atoms with Crippen molar-refractivity contribution < 1.29 is 23.2 Å². The van der Waals surface area contributed by atoms with Crippen LogP contribution in [0.4, 0.5) is 14.9 Å². The van der Waals surface area contributed by atoms with Gasteiger partial charge in [-0.15, -0.1) is 0 Å². The molecule has 2 aromatic carbocycles. The van der Waals surface area contributed by atoms with E-state index < -0.39 is 23.7 Å². The molecule has 1 fully saturated rings. The first-order valence-corrected chi connectivity index (χ1v) is 8.83. The van der Waals surface area contributed by atoms with Crippen LogP contribution in [-0.4, -0.2) is 17.8 Å². The summed E-state index contributed by atoms with van der Waals surface area (Å²) in [4.78, 5) is 37.9. The molecule has 6 nitrogen and oxygen atoms in total. The summed E-state index contributed by atoms with van der Waals surface area (Å²) in [5.41, 5.74) is 0.485. The van der Waals surface area contributed by atoms with E-state index in [9.17, 15) is 18.8 Å². The van der Waals surface area contributed by atoms with Crippen LogP contribution in [0.25, 0.3) is 17.4 Å². The van der Waals surface area contributed by atoms with Gasteiger partial charge in [-0.2, -0.15) is 0 Å². The molecule has 4 rings (SSSR count). The number of nitrogens with zero attached hydrogens (tertiary/aromatic N) is 1. The molecule has 0 unspecified atom stereocenters. The largest absolute Gasteiger partial charge is 0.457 e. The van der Waals surface area contributed by atoms with Crippen molar-refractivity contribution >= 4 is 41.2 Å². The average Bonchev–Trinajstić information content (AvgIpc) is 3.15. The number of hydrogen-bond acceptors (Lipinski definition) is 4. The van der Waals surface area contributed by atoms with Gasteiger partial charge < -0.3 is 4.42 Å². The molecule has 0 saturated carbocycles. The molecule has 1 aliphatic rings. The summed E-state index contributed by atoms with van der Waals surface area (Å²) in [6, 6.07) is 14.1. The summed E-state index contributed by atoms with van der Waals surface area (Å²) in [5, 5.41) is 2.58. The van der Waals surface area contributed by atoms with Crippen LogP contribution in [0.5, 0.6) is 0 Å². The second kappa shape index (κ2) is 7.37. The maximum atomic E-state index is 13.2. The van der Waals surface area contributed by atoms with E-state index in [4.69, 9.17) is 16.0 Å². The van der Waals surface area contributed by atoms with E-state index in [0.717, 1.165) is 17.0 Å². The third kappa shape index (κ3) is 3.55. The van der Waals surface area contributed by atoms with Gasteiger partial charge >= 0.3 is 6.03 Å². The summed E-state index contributed by atoms with van der Waals surface area (Å²) in [6.07, 6.45) is 1.24. The van der Waals surface area contributed by atoms with Crippen LogP contribution < -0.4 is 10.2 Å². The lowest BCUT2D eigenvalue weighted by Crippen LogP contribution is -2.54. The summed E-state index contributed by atoms with van der Waals surface area (Å²) in [6.45, 7) is 0. The molecule has 0 radical (unpaired) electrons. The van der Waals surface area contributed by atoms with E-state index in [1.165, 1.54) is 18.2 Å². The molecule has 8 heteroatoms. The van der Waals surface area contributed by atoms with Gasteiger partial charge in [0.15, 0.2) is 0 Å². The number of benzene rings is 2. The van der Waals surface area contributed by atoms with Gasteiger partial charge in [-0.1, -0.05) is 23.7 Å². The quantitative estimate of drug-likeness (QED) is 0.512. The highest BCUT2D eigenvalue weighted by molar-refractivity contribution is 6.39. The zero-order valence-electron chi connectivity index (χ0n) is 14.7. The van der Waals surface area contributed by atoms with Crippen molar-refractivity contribution in [2.75, 3.05) is 4.90 Å². The number of halogens is 2. The molecule has 0 aliphatic carbocycles. The van der Waals surface area contributed by atoms with Crippen molar-refractivity contribution in [2.45, 2.75) is 0 Å². The molecular weight excluding hydrogens is 399 g/mol. The minimum absolute atomic E-state index is 0.128. The Labute approximate surface area is 169 Å². The van der Waals surface area contributed by atoms with E-state index in [-0.39, 0.29) is 17.0 Å². The first-order chi connectivity index (χ1) is 13.9. The number of anilines is 1. The number of rotatable bonds is 3. The second-order valence-electron chi connectivity index (χ2n) is 6.12. The monoisotopic (exact) mass is 410 g/mol. The fourth-order valence-electron chi connectivity index (χ4n) is 2.86. The van der Waals surface area contributed by atoms with Crippen LogP contribution in [0.1, 0.15) is 5.76 Å². The Balaban J connectivity index is 1.68. The lowest BCUT2D eigenvalue weighted by atomic mass is 10.1. The Bertz CT molecular complexity index is 1170. The standard InChI is InChI=1S/C21H12ClFN2O4/c22-17-4-2-1-3-15(17)18-10-9-14(29-18)11-16-19(26)24-21(28)25(20(16)27)13-7-5-12(23)6-8-13/h1-11H,(H,24,26,28). The van der Waals surface area contributed by atoms with Gasteiger partial charge in [-0.05, 0) is 54.6 Å². The molecule has 1 aliphatic heterocycles. The summed E-state index contributed by atoms with van der Waals surface area (Å²) >= 11 is 6.16. The fourth-order valence-corrected chi connectivity index (χ4v) is 3.09. The van der Waals surface area contributed by atoms with Crippen molar-refractivity contribution in [3.8, 4) is 11.3 Å². The number of carbonyl (C=O) groups is 3. The van der Waals surface area contributed by atoms with Gasteiger partial charge in [0.2, 0.25) is 0 Å². The fraction of sp³-hybridized carbons (Fsp3) is 0. The highest BCUT2D eigenvalue weighted by atomic mass is 35.5. The molecular formula is C21H12ClFN2O4. The van der Waals surface area contributed by atoms with Crippen molar-refractivity contribution in [1.29, 1.82) is 0 Å². The number of imide groups is 2. The highest BCUT2D eigenvalue weighted by Crippen LogP contribution is 2.30. The number of furan rings is 1. The molecule has 4 amide bonds. The third-order valence-corrected chi connectivity index (χ3v) is 4.57. The number of hydrogen-bond donors (Lipinski definition) is 1. The van der Waals surface area contributed by atoms with Crippen LogP contribution in [0.2, 0.25) is 5.02 Å². The van der Waals surface area contributed by atoms with Crippen LogP contribution in [-0.2, 0) is 9.59 Å². The number of nitrogens with one attached hydrogen (secondary N) is 1. The number of carbonyl (C=O) groups excluding carboxylic acids is 3. The maximum absolute atomic E-state index is 13.2. The van der Waals surface area contributed by atoms with E-state index in [1.807, 2.05) is 0 Å². The van der Waals surface area contributed by atoms with E-state index in [1.54, 1.807) is 36.4 Å². The van der Waals surface area contributed by atoms with Gasteiger partial charge in [0, 0.05) is 5.56 Å². The van der Waals surface area contributed by atoms with Gasteiger partial charge in [0.25, 0.3) is 11.8 Å². The topological polar surface area (TPSA) is 79.6 Å². The third-order valence-electron chi connectivity index (χ3n) is 4.24. The zero-order valence-corrected chi connectivity index (χ0v) is 15.4. The van der Waals surface area contributed by atoms with Gasteiger partial charge in [-0.25, -0.2) is 14.1 Å². The second-order valence-corrected chi connectivity index (χ2v) is 6.52. The minimum atomic E-state index is -0.917. The Hall–Kier alpha value is -3.71.